The molecule has 0 aliphatic rings. The monoisotopic (exact) mass is 444 g/mol. The predicted octanol–water partition coefficient (Wildman–Crippen LogP) is 3.57. The Bertz CT molecular complexity index is 995. The van der Waals surface area contributed by atoms with Gasteiger partial charge in [-0.15, -0.1) is 0 Å². The fourth-order valence-electron chi connectivity index (χ4n) is 2.31. The van der Waals surface area contributed by atoms with Crippen LogP contribution in [-0.4, -0.2) is 39.7 Å². The van der Waals surface area contributed by atoms with Crippen molar-refractivity contribution in [1.82, 2.24) is 0 Å². The van der Waals surface area contributed by atoms with E-state index in [1.165, 1.54) is 30.3 Å². The molecular formula is C18H18Cl2N2O5S. The number of ether oxygens (including phenoxy) is 1. The topological polar surface area (TPSA) is 92.8 Å². The van der Waals surface area contributed by atoms with Gasteiger partial charge in [0.2, 0.25) is 15.9 Å². The van der Waals surface area contributed by atoms with E-state index in [0.717, 1.165) is 10.6 Å². The van der Waals surface area contributed by atoms with Crippen molar-refractivity contribution in [2.75, 3.05) is 29.0 Å². The summed E-state index contributed by atoms with van der Waals surface area (Å²) in [6, 6.07) is 10.4. The lowest BCUT2D eigenvalue weighted by molar-refractivity contribution is -0.114. The summed E-state index contributed by atoms with van der Waals surface area (Å²) >= 11 is 12.0. The minimum absolute atomic E-state index is 0.118. The van der Waals surface area contributed by atoms with E-state index in [1.54, 1.807) is 19.1 Å². The summed E-state index contributed by atoms with van der Waals surface area (Å²) in [6.07, 6.45) is 0.988. The molecule has 1 N–H and O–H groups in total. The summed E-state index contributed by atoms with van der Waals surface area (Å²) in [4.78, 5) is 24.1. The van der Waals surface area contributed by atoms with Crippen molar-refractivity contribution >= 4 is 56.5 Å². The van der Waals surface area contributed by atoms with Crippen molar-refractivity contribution in [1.29, 1.82) is 0 Å². The van der Waals surface area contributed by atoms with Crippen molar-refractivity contribution < 1.29 is 22.7 Å². The zero-order valence-electron chi connectivity index (χ0n) is 15.1. The van der Waals surface area contributed by atoms with Crippen LogP contribution in [0.5, 0.6) is 0 Å². The van der Waals surface area contributed by atoms with E-state index in [4.69, 9.17) is 27.9 Å². The zero-order chi connectivity index (χ0) is 20.9. The van der Waals surface area contributed by atoms with Crippen LogP contribution in [0.4, 0.5) is 11.4 Å². The molecule has 0 aromatic heterocycles. The van der Waals surface area contributed by atoms with Gasteiger partial charge in [-0.05, 0) is 43.3 Å². The van der Waals surface area contributed by atoms with Crippen LogP contribution in [0.15, 0.2) is 42.5 Å². The van der Waals surface area contributed by atoms with E-state index in [-0.39, 0.29) is 28.6 Å². The number of nitrogens with one attached hydrogen (secondary N) is 1. The van der Waals surface area contributed by atoms with Gasteiger partial charge in [0, 0.05) is 5.02 Å². The standard InChI is InChI=1S/C18H18Cl2N2O5S/c1-3-27-18(24)12-7-8-16(15(20)9-12)21-17(23)11-22(28(2,25)26)14-6-4-5-13(19)10-14/h4-10H,3,11H2,1-2H3,(H,21,23). The molecule has 0 saturated carbocycles. The molecule has 0 unspecified atom stereocenters. The molecule has 10 heteroatoms. The first-order chi connectivity index (χ1) is 13.1. The van der Waals surface area contributed by atoms with Gasteiger partial charge in [0.15, 0.2) is 0 Å². The molecule has 2 aromatic rings. The Hall–Kier alpha value is -2.29. The maximum atomic E-state index is 12.4. The van der Waals surface area contributed by atoms with Gasteiger partial charge in [-0.25, -0.2) is 13.2 Å². The third-order valence-electron chi connectivity index (χ3n) is 3.54. The van der Waals surface area contributed by atoms with Crippen LogP contribution in [0.1, 0.15) is 17.3 Å². The van der Waals surface area contributed by atoms with Gasteiger partial charge >= 0.3 is 5.97 Å². The Morgan fingerprint density at radius 2 is 1.86 bits per heavy atom. The molecule has 28 heavy (non-hydrogen) atoms. The number of carbonyl (C=O) groups excluding carboxylic acids is 2. The number of carbonyl (C=O) groups is 2. The number of amides is 1. The Morgan fingerprint density at radius 1 is 1.14 bits per heavy atom. The lowest BCUT2D eigenvalue weighted by atomic mass is 10.2. The summed E-state index contributed by atoms with van der Waals surface area (Å²) in [5.41, 5.74) is 0.731. The van der Waals surface area contributed by atoms with E-state index in [2.05, 4.69) is 5.32 Å². The van der Waals surface area contributed by atoms with Crippen LogP contribution in [0, 0.1) is 0 Å². The van der Waals surface area contributed by atoms with Gasteiger partial charge < -0.3 is 10.1 Å². The second-order valence-corrected chi connectivity index (χ2v) is 8.46. The molecule has 0 atom stereocenters. The molecule has 2 aromatic carbocycles. The van der Waals surface area contributed by atoms with Crippen LogP contribution in [0.2, 0.25) is 10.0 Å². The van der Waals surface area contributed by atoms with Gasteiger partial charge in [-0.2, -0.15) is 0 Å². The smallest absolute Gasteiger partial charge is 0.338 e. The van der Waals surface area contributed by atoms with E-state index in [0.29, 0.717) is 5.02 Å². The third kappa shape index (κ3) is 5.85. The minimum Gasteiger partial charge on any atom is -0.462 e. The number of halogens is 2. The first-order valence-corrected chi connectivity index (χ1v) is 10.7. The molecular weight excluding hydrogens is 427 g/mol. The highest BCUT2D eigenvalue weighted by atomic mass is 35.5. The highest BCUT2D eigenvalue weighted by Crippen LogP contribution is 2.25. The predicted molar refractivity (Wildman–Crippen MR) is 110 cm³/mol. The summed E-state index contributed by atoms with van der Waals surface area (Å²) in [6.45, 7) is 1.43. The molecule has 2 rings (SSSR count). The normalized spacial score (nSPS) is 11.0. The summed E-state index contributed by atoms with van der Waals surface area (Å²) in [5, 5.41) is 2.99. The molecule has 7 nitrogen and oxygen atoms in total. The highest BCUT2D eigenvalue weighted by molar-refractivity contribution is 7.92. The van der Waals surface area contributed by atoms with Gasteiger partial charge in [0.05, 0.1) is 34.8 Å². The van der Waals surface area contributed by atoms with Crippen LogP contribution >= 0.6 is 23.2 Å². The fourth-order valence-corrected chi connectivity index (χ4v) is 3.57. The van der Waals surface area contributed by atoms with Gasteiger partial charge in [-0.1, -0.05) is 29.3 Å². The molecule has 0 spiro atoms. The maximum absolute atomic E-state index is 12.4. The summed E-state index contributed by atoms with van der Waals surface area (Å²) in [7, 11) is -3.74. The average Bonchev–Trinajstić information content (AvgIpc) is 2.60. The number of benzene rings is 2. The highest BCUT2D eigenvalue weighted by Gasteiger charge is 2.22. The molecule has 150 valence electrons. The van der Waals surface area contributed by atoms with Crippen molar-refractivity contribution in [2.45, 2.75) is 6.92 Å². The fraction of sp³-hybridized carbons (Fsp3) is 0.222. The van der Waals surface area contributed by atoms with E-state index in [9.17, 15) is 18.0 Å². The second kappa shape index (κ2) is 9.27. The molecule has 1 amide bonds. The summed E-state index contributed by atoms with van der Waals surface area (Å²) in [5.74, 6) is -1.15. The van der Waals surface area contributed by atoms with Crippen LogP contribution in [0.3, 0.4) is 0 Å². The molecule has 0 heterocycles. The molecule has 0 bridgehead atoms. The number of anilines is 2. The molecule has 0 fully saturated rings. The third-order valence-corrected chi connectivity index (χ3v) is 5.23. The van der Waals surface area contributed by atoms with Crippen LogP contribution in [-0.2, 0) is 19.6 Å². The Kier molecular flexibility index (Phi) is 7.29. The lowest BCUT2D eigenvalue weighted by Gasteiger charge is -2.22. The van der Waals surface area contributed by atoms with Crippen molar-refractivity contribution in [3.05, 3.63) is 58.1 Å². The number of sulfonamides is 1. The van der Waals surface area contributed by atoms with Crippen molar-refractivity contribution in [2.24, 2.45) is 0 Å². The molecule has 0 saturated heterocycles. The number of rotatable bonds is 7. The van der Waals surface area contributed by atoms with Crippen LogP contribution < -0.4 is 9.62 Å². The van der Waals surface area contributed by atoms with E-state index < -0.39 is 28.4 Å². The summed E-state index contributed by atoms with van der Waals surface area (Å²) < 4.78 is 30.0. The average molecular weight is 445 g/mol. The molecule has 0 aliphatic heterocycles. The van der Waals surface area contributed by atoms with Crippen LogP contribution in [0.25, 0.3) is 0 Å². The van der Waals surface area contributed by atoms with Gasteiger partial charge in [0.1, 0.15) is 6.54 Å². The second-order valence-electron chi connectivity index (χ2n) is 5.71. The van der Waals surface area contributed by atoms with Gasteiger partial charge in [0.25, 0.3) is 0 Å². The van der Waals surface area contributed by atoms with Crippen molar-refractivity contribution in [3.63, 3.8) is 0 Å². The number of esters is 1. The first kappa shape index (κ1) is 22.0. The molecule has 0 radical (unpaired) electrons. The maximum Gasteiger partial charge on any atom is 0.338 e. The quantitative estimate of drug-likeness (QED) is 0.658. The minimum atomic E-state index is -3.74. The van der Waals surface area contributed by atoms with E-state index in [1.807, 2.05) is 0 Å². The number of hydrogen-bond donors (Lipinski definition) is 1. The SMILES string of the molecule is CCOC(=O)c1ccc(NC(=O)CN(c2cccc(Cl)c2)S(C)(=O)=O)c(Cl)c1. The first-order valence-electron chi connectivity index (χ1n) is 8.11. The molecule has 0 aliphatic carbocycles. The lowest BCUT2D eigenvalue weighted by Crippen LogP contribution is -2.37. The Labute approximate surface area is 173 Å². The zero-order valence-corrected chi connectivity index (χ0v) is 17.4. The van der Waals surface area contributed by atoms with E-state index >= 15 is 0 Å². The number of hydrogen-bond acceptors (Lipinski definition) is 5. The Morgan fingerprint density at radius 3 is 2.43 bits per heavy atom. The number of nitrogens with zero attached hydrogens (tertiary/aromatic N) is 1. The largest absolute Gasteiger partial charge is 0.462 e. The van der Waals surface area contributed by atoms with Gasteiger partial charge in [-0.3, -0.25) is 9.10 Å². The van der Waals surface area contributed by atoms with Crippen molar-refractivity contribution in [3.8, 4) is 0 Å². The Balaban J connectivity index is 2.18.